The van der Waals surface area contributed by atoms with Gasteiger partial charge in [0.25, 0.3) is 0 Å². The summed E-state index contributed by atoms with van der Waals surface area (Å²) >= 11 is 0. The molecule has 0 aliphatic heterocycles. The molecule has 2 rings (SSSR count). The first-order valence-corrected chi connectivity index (χ1v) is 7.79. The van der Waals surface area contributed by atoms with Crippen LogP contribution in [-0.4, -0.2) is 25.9 Å². The van der Waals surface area contributed by atoms with Crippen molar-refractivity contribution in [1.82, 2.24) is 5.32 Å². The molecule has 1 amide bonds. The van der Waals surface area contributed by atoms with E-state index in [2.05, 4.69) is 5.32 Å². The van der Waals surface area contributed by atoms with Crippen molar-refractivity contribution in [3.05, 3.63) is 59.7 Å². The molecule has 2 aromatic rings. The highest BCUT2D eigenvalue weighted by Gasteiger charge is 2.05. The highest BCUT2D eigenvalue weighted by Crippen LogP contribution is 2.23. The predicted octanol–water partition coefficient (Wildman–Crippen LogP) is 2.98. The summed E-state index contributed by atoms with van der Waals surface area (Å²) in [6.45, 7) is 0.952. The first-order valence-electron chi connectivity index (χ1n) is 7.79. The zero-order chi connectivity index (χ0) is 17.2. The molecule has 126 valence electrons. The summed E-state index contributed by atoms with van der Waals surface area (Å²) in [7, 11) is 1.50. The number of carbonyl (C=O) groups excluding carboxylic acids is 2. The van der Waals surface area contributed by atoms with Crippen LogP contribution in [0.1, 0.15) is 28.8 Å². The van der Waals surface area contributed by atoms with Gasteiger partial charge in [0.1, 0.15) is 11.5 Å². The maximum Gasteiger partial charge on any atom is 0.220 e. The van der Waals surface area contributed by atoms with Crippen LogP contribution in [0.2, 0.25) is 0 Å². The molecule has 5 heteroatoms. The standard InChI is InChI=1S/C19H21NO4/c1-23-18-12-17(10-9-16(18)14-21)24-11-5-8-19(22)20-13-15-6-3-2-4-7-15/h2-4,6-7,9-10,12,14H,5,8,11,13H2,1H3,(H,20,22). The Morgan fingerprint density at radius 3 is 2.67 bits per heavy atom. The second-order valence-corrected chi connectivity index (χ2v) is 5.24. The van der Waals surface area contributed by atoms with Crippen LogP contribution in [0.5, 0.6) is 11.5 Å². The number of nitrogens with one attached hydrogen (secondary N) is 1. The zero-order valence-corrected chi connectivity index (χ0v) is 13.7. The Morgan fingerprint density at radius 1 is 1.17 bits per heavy atom. The SMILES string of the molecule is COc1cc(OCCCC(=O)NCc2ccccc2)ccc1C=O. The Bertz CT molecular complexity index is 670. The lowest BCUT2D eigenvalue weighted by molar-refractivity contribution is -0.121. The summed E-state index contributed by atoms with van der Waals surface area (Å²) in [5.74, 6) is 1.08. The third-order valence-electron chi connectivity index (χ3n) is 3.48. The topological polar surface area (TPSA) is 64.6 Å². The molecular formula is C19H21NO4. The molecule has 1 N–H and O–H groups in total. The fourth-order valence-corrected chi connectivity index (χ4v) is 2.19. The van der Waals surface area contributed by atoms with Crippen molar-refractivity contribution in [3.63, 3.8) is 0 Å². The van der Waals surface area contributed by atoms with Crippen molar-refractivity contribution in [1.29, 1.82) is 0 Å². The Morgan fingerprint density at radius 2 is 1.96 bits per heavy atom. The van der Waals surface area contributed by atoms with Gasteiger partial charge in [-0.1, -0.05) is 30.3 Å². The number of amides is 1. The third-order valence-corrected chi connectivity index (χ3v) is 3.48. The summed E-state index contributed by atoms with van der Waals surface area (Å²) in [6.07, 6.45) is 1.74. The van der Waals surface area contributed by atoms with Crippen LogP contribution < -0.4 is 14.8 Å². The first-order chi connectivity index (χ1) is 11.7. The zero-order valence-electron chi connectivity index (χ0n) is 13.7. The minimum Gasteiger partial charge on any atom is -0.496 e. The molecule has 0 saturated carbocycles. The summed E-state index contributed by atoms with van der Waals surface area (Å²) in [5, 5.41) is 2.88. The van der Waals surface area contributed by atoms with E-state index in [9.17, 15) is 9.59 Å². The highest BCUT2D eigenvalue weighted by molar-refractivity contribution is 5.79. The van der Waals surface area contributed by atoms with Gasteiger partial charge in [-0.2, -0.15) is 0 Å². The minimum atomic E-state index is -0.00339. The predicted molar refractivity (Wildman–Crippen MR) is 91.4 cm³/mol. The molecule has 0 radical (unpaired) electrons. The number of rotatable bonds is 9. The monoisotopic (exact) mass is 327 g/mol. The van der Waals surface area contributed by atoms with Gasteiger partial charge >= 0.3 is 0 Å². The van der Waals surface area contributed by atoms with Crippen molar-refractivity contribution in [2.24, 2.45) is 0 Å². The van der Waals surface area contributed by atoms with E-state index in [-0.39, 0.29) is 5.91 Å². The molecule has 0 atom stereocenters. The van der Waals surface area contributed by atoms with Crippen molar-refractivity contribution in [2.75, 3.05) is 13.7 Å². The van der Waals surface area contributed by atoms with Crippen LogP contribution in [-0.2, 0) is 11.3 Å². The molecule has 0 fully saturated rings. The number of methoxy groups -OCH3 is 1. The van der Waals surface area contributed by atoms with Crippen LogP contribution >= 0.6 is 0 Å². The van der Waals surface area contributed by atoms with Gasteiger partial charge in [-0.05, 0) is 24.1 Å². The fraction of sp³-hybridized carbons (Fsp3) is 0.263. The number of benzene rings is 2. The summed E-state index contributed by atoms with van der Waals surface area (Å²) < 4.78 is 10.7. The molecule has 0 aromatic heterocycles. The van der Waals surface area contributed by atoms with E-state index in [4.69, 9.17) is 9.47 Å². The second kappa shape index (κ2) is 9.35. The lowest BCUT2D eigenvalue weighted by Crippen LogP contribution is -2.22. The maximum absolute atomic E-state index is 11.8. The van der Waals surface area contributed by atoms with Gasteiger partial charge in [-0.25, -0.2) is 0 Å². The van der Waals surface area contributed by atoms with Crippen molar-refractivity contribution < 1.29 is 19.1 Å². The molecule has 0 bridgehead atoms. The highest BCUT2D eigenvalue weighted by atomic mass is 16.5. The van der Waals surface area contributed by atoms with Gasteiger partial charge in [0.15, 0.2) is 6.29 Å². The average Bonchev–Trinajstić information content (AvgIpc) is 2.64. The van der Waals surface area contributed by atoms with Crippen LogP contribution in [0, 0.1) is 0 Å². The quantitative estimate of drug-likeness (QED) is 0.568. The summed E-state index contributed by atoms with van der Waals surface area (Å²) in [6, 6.07) is 14.8. The Kier molecular flexibility index (Phi) is 6.83. The van der Waals surface area contributed by atoms with Crippen LogP contribution in [0.3, 0.4) is 0 Å². The molecule has 0 saturated heterocycles. The molecule has 24 heavy (non-hydrogen) atoms. The third kappa shape index (κ3) is 5.43. The van der Waals surface area contributed by atoms with Gasteiger partial charge in [0, 0.05) is 19.0 Å². The van der Waals surface area contributed by atoms with E-state index in [1.807, 2.05) is 30.3 Å². The van der Waals surface area contributed by atoms with Crippen LogP contribution in [0.15, 0.2) is 48.5 Å². The van der Waals surface area contributed by atoms with Gasteiger partial charge in [0.2, 0.25) is 5.91 Å². The van der Waals surface area contributed by atoms with Crippen LogP contribution in [0.4, 0.5) is 0 Å². The van der Waals surface area contributed by atoms with E-state index in [0.29, 0.717) is 43.1 Å². The van der Waals surface area contributed by atoms with E-state index in [1.165, 1.54) is 7.11 Å². The van der Waals surface area contributed by atoms with E-state index >= 15 is 0 Å². The van der Waals surface area contributed by atoms with E-state index in [0.717, 1.165) is 11.8 Å². The van der Waals surface area contributed by atoms with Gasteiger partial charge in [-0.3, -0.25) is 9.59 Å². The lowest BCUT2D eigenvalue weighted by Gasteiger charge is -2.09. The van der Waals surface area contributed by atoms with Gasteiger partial charge in [-0.15, -0.1) is 0 Å². The van der Waals surface area contributed by atoms with Crippen molar-refractivity contribution >= 4 is 12.2 Å². The van der Waals surface area contributed by atoms with Gasteiger partial charge in [0.05, 0.1) is 19.3 Å². The summed E-state index contributed by atoms with van der Waals surface area (Å²) in [5.41, 5.74) is 1.55. The summed E-state index contributed by atoms with van der Waals surface area (Å²) in [4.78, 5) is 22.6. The number of hydrogen-bond donors (Lipinski definition) is 1. The second-order valence-electron chi connectivity index (χ2n) is 5.24. The number of hydrogen-bond acceptors (Lipinski definition) is 4. The molecule has 5 nitrogen and oxygen atoms in total. The average molecular weight is 327 g/mol. The van der Waals surface area contributed by atoms with Crippen LogP contribution in [0.25, 0.3) is 0 Å². The van der Waals surface area contributed by atoms with E-state index in [1.54, 1.807) is 18.2 Å². The van der Waals surface area contributed by atoms with E-state index < -0.39 is 0 Å². The molecule has 0 aliphatic rings. The molecule has 2 aromatic carbocycles. The maximum atomic E-state index is 11.8. The van der Waals surface area contributed by atoms with Crippen molar-refractivity contribution in [3.8, 4) is 11.5 Å². The fourth-order valence-electron chi connectivity index (χ4n) is 2.19. The first kappa shape index (κ1) is 17.5. The lowest BCUT2D eigenvalue weighted by atomic mass is 10.2. The largest absolute Gasteiger partial charge is 0.496 e. The Hall–Kier alpha value is -2.82. The number of aldehydes is 1. The minimum absolute atomic E-state index is 0.00339. The molecule has 0 aliphatic carbocycles. The Balaban J connectivity index is 1.69. The molecule has 0 heterocycles. The molecule has 0 unspecified atom stereocenters. The number of ether oxygens (including phenoxy) is 2. The molecular weight excluding hydrogens is 306 g/mol. The van der Waals surface area contributed by atoms with Gasteiger partial charge < -0.3 is 14.8 Å². The smallest absolute Gasteiger partial charge is 0.220 e. The van der Waals surface area contributed by atoms with Crippen molar-refractivity contribution in [2.45, 2.75) is 19.4 Å². The number of carbonyl (C=O) groups is 2. The normalized spacial score (nSPS) is 10.0. The Labute approximate surface area is 141 Å². The molecule has 0 spiro atoms.